The number of sulfonamides is 1. The SMILES string of the molecule is C=CCOC1=CCC(S(=O)(=O)N2CCC(c3cn(CC(=O)O)c4ccc(C)cc34)C2)C=C1. The number of hydrogen-bond acceptors (Lipinski definition) is 4. The molecule has 0 spiro atoms. The van der Waals surface area contributed by atoms with Crippen molar-refractivity contribution in [2.24, 2.45) is 0 Å². The van der Waals surface area contributed by atoms with Gasteiger partial charge in [0.05, 0.1) is 5.25 Å². The molecule has 8 heteroatoms. The van der Waals surface area contributed by atoms with Gasteiger partial charge in [0.15, 0.2) is 0 Å². The number of aromatic nitrogens is 1. The first kappa shape index (κ1) is 22.4. The first-order valence-corrected chi connectivity index (χ1v) is 12.2. The molecule has 1 saturated heterocycles. The summed E-state index contributed by atoms with van der Waals surface area (Å²) in [5.74, 6) is -0.214. The van der Waals surface area contributed by atoms with Crippen LogP contribution < -0.4 is 0 Å². The zero-order valence-corrected chi connectivity index (χ0v) is 18.9. The lowest BCUT2D eigenvalue weighted by Crippen LogP contribution is -2.36. The highest BCUT2D eigenvalue weighted by Crippen LogP contribution is 2.36. The van der Waals surface area contributed by atoms with Crippen LogP contribution in [0.2, 0.25) is 0 Å². The van der Waals surface area contributed by atoms with E-state index in [0.29, 0.717) is 38.3 Å². The van der Waals surface area contributed by atoms with Gasteiger partial charge in [-0.1, -0.05) is 30.4 Å². The average Bonchev–Trinajstić information content (AvgIpc) is 3.38. The normalized spacial score (nSPS) is 21.6. The molecular formula is C24H28N2O5S. The lowest BCUT2D eigenvalue weighted by molar-refractivity contribution is -0.137. The Kier molecular flexibility index (Phi) is 6.26. The van der Waals surface area contributed by atoms with Gasteiger partial charge >= 0.3 is 5.97 Å². The fourth-order valence-electron chi connectivity index (χ4n) is 4.51. The van der Waals surface area contributed by atoms with Crippen LogP contribution >= 0.6 is 0 Å². The van der Waals surface area contributed by atoms with Gasteiger partial charge in [0.1, 0.15) is 18.9 Å². The van der Waals surface area contributed by atoms with Crippen molar-refractivity contribution in [3.05, 3.63) is 72.2 Å². The van der Waals surface area contributed by atoms with Crippen molar-refractivity contribution in [1.82, 2.24) is 8.87 Å². The van der Waals surface area contributed by atoms with Gasteiger partial charge in [-0.25, -0.2) is 12.7 Å². The summed E-state index contributed by atoms with van der Waals surface area (Å²) < 4.78 is 35.3. The minimum absolute atomic E-state index is 0.0266. The Morgan fingerprint density at radius 3 is 2.88 bits per heavy atom. The quantitative estimate of drug-likeness (QED) is 0.614. The van der Waals surface area contributed by atoms with E-state index in [2.05, 4.69) is 12.6 Å². The first-order chi connectivity index (χ1) is 15.3. The van der Waals surface area contributed by atoms with Crippen LogP contribution in [0.1, 0.15) is 29.9 Å². The summed E-state index contributed by atoms with van der Waals surface area (Å²) >= 11 is 0. The number of fused-ring (bicyclic) bond motifs is 1. The standard InChI is InChI=1S/C24H28N2O5S/c1-3-12-31-19-5-7-20(8-6-19)32(29,30)26-11-10-18(14-26)22-15-25(16-24(27)28)23-9-4-17(2)13-21(22)23/h3-7,9,13,15,18,20H,1,8,10-12,14,16H2,2H3,(H,27,28). The molecule has 0 saturated carbocycles. The Balaban J connectivity index is 1.54. The Morgan fingerprint density at radius 2 is 2.19 bits per heavy atom. The van der Waals surface area contributed by atoms with Crippen LogP contribution in [0.4, 0.5) is 0 Å². The van der Waals surface area contributed by atoms with Crippen LogP contribution in [0.5, 0.6) is 0 Å². The number of ether oxygens (including phenoxy) is 1. The van der Waals surface area contributed by atoms with Gasteiger partial charge in [-0.05, 0) is 49.6 Å². The fraction of sp³-hybridized carbons (Fsp3) is 0.375. The maximum absolute atomic E-state index is 13.3. The molecule has 1 aromatic carbocycles. The van der Waals surface area contributed by atoms with Crippen molar-refractivity contribution in [3.63, 3.8) is 0 Å². The number of benzene rings is 1. The predicted molar refractivity (Wildman–Crippen MR) is 124 cm³/mol. The van der Waals surface area contributed by atoms with Crippen LogP contribution in [-0.4, -0.2) is 53.3 Å². The van der Waals surface area contributed by atoms with Crippen LogP contribution in [0.15, 0.2) is 61.0 Å². The largest absolute Gasteiger partial charge is 0.490 e. The molecule has 2 aromatic rings. The number of aryl methyl sites for hydroxylation is 1. The number of hydrogen-bond donors (Lipinski definition) is 1. The van der Waals surface area contributed by atoms with Gasteiger partial charge in [-0.3, -0.25) is 4.79 Å². The molecule has 32 heavy (non-hydrogen) atoms. The molecule has 4 rings (SSSR count). The van der Waals surface area contributed by atoms with E-state index >= 15 is 0 Å². The zero-order valence-electron chi connectivity index (χ0n) is 18.1. The smallest absolute Gasteiger partial charge is 0.323 e. The molecule has 170 valence electrons. The molecule has 0 amide bonds. The van der Waals surface area contributed by atoms with Gasteiger partial charge in [-0.2, -0.15) is 0 Å². The molecule has 1 fully saturated rings. The maximum Gasteiger partial charge on any atom is 0.323 e. The molecule has 1 N–H and O–H groups in total. The number of carboxylic acid groups (broad SMARTS) is 1. The molecule has 2 aliphatic rings. The molecule has 1 aromatic heterocycles. The molecule has 2 unspecified atom stereocenters. The van der Waals surface area contributed by atoms with E-state index in [1.165, 1.54) is 0 Å². The number of nitrogens with zero attached hydrogens (tertiary/aromatic N) is 2. The van der Waals surface area contributed by atoms with E-state index in [-0.39, 0.29) is 12.5 Å². The van der Waals surface area contributed by atoms with Gasteiger partial charge in [-0.15, -0.1) is 0 Å². The third-order valence-corrected chi connectivity index (χ3v) is 8.27. The fourth-order valence-corrected chi connectivity index (χ4v) is 6.26. The number of aliphatic carboxylic acids is 1. The van der Waals surface area contributed by atoms with Crippen LogP contribution in [0.3, 0.4) is 0 Å². The monoisotopic (exact) mass is 456 g/mol. The molecule has 1 aliphatic heterocycles. The summed E-state index contributed by atoms with van der Waals surface area (Å²) in [6.07, 6.45) is 9.83. The van der Waals surface area contributed by atoms with Crippen LogP contribution in [0.25, 0.3) is 10.9 Å². The Hall–Kier alpha value is -2.84. The minimum Gasteiger partial charge on any atom is -0.490 e. The van der Waals surface area contributed by atoms with Crippen molar-refractivity contribution in [1.29, 1.82) is 0 Å². The van der Waals surface area contributed by atoms with Gasteiger partial charge in [0.2, 0.25) is 10.0 Å². The van der Waals surface area contributed by atoms with Gasteiger partial charge in [0, 0.05) is 36.1 Å². The molecule has 7 nitrogen and oxygen atoms in total. The van der Waals surface area contributed by atoms with Crippen molar-refractivity contribution in [2.75, 3.05) is 19.7 Å². The summed E-state index contributed by atoms with van der Waals surface area (Å²) in [6.45, 7) is 6.73. The van der Waals surface area contributed by atoms with E-state index < -0.39 is 21.2 Å². The topological polar surface area (TPSA) is 88.8 Å². The van der Waals surface area contributed by atoms with Gasteiger partial charge in [0.25, 0.3) is 0 Å². The molecule has 0 radical (unpaired) electrons. The van der Waals surface area contributed by atoms with E-state index in [1.807, 2.05) is 31.3 Å². The summed E-state index contributed by atoms with van der Waals surface area (Å²) in [5.41, 5.74) is 2.96. The summed E-state index contributed by atoms with van der Waals surface area (Å²) in [7, 11) is -3.49. The number of rotatable bonds is 8. The highest BCUT2D eigenvalue weighted by atomic mass is 32.2. The van der Waals surface area contributed by atoms with Crippen molar-refractivity contribution >= 4 is 26.9 Å². The number of carboxylic acids is 1. The second kappa shape index (κ2) is 8.96. The van der Waals surface area contributed by atoms with E-state index in [0.717, 1.165) is 22.0 Å². The third-order valence-electron chi connectivity index (χ3n) is 6.10. The third kappa shape index (κ3) is 4.38. The highest BCUT2D eigenvalue weighted by molar-refractivity contribution is 7.89. The second-order valence-electron chi connectivity index (χ2n) is 8.35. The number of allylic oxidation sites excluding steroid dienone is 2. The average molecular weight is 457 g/mol. The summed E-state index contributed by atoms with van der Waals surface area (Å²) in [6, 6.07) is 5.96. The first-order valence-electron chi connectivity index (χ1n) is 10.7. The number of carbonyl (C=O) groups is 1. The minimum atomic E-state index is -3.49. The highest BCUT2D eigenvalue weighted by Gasteiger charge is 2.37. The lowest BCUT2D eigenvalue weighted by Gasteiger charge is -2.23. The van der Waals surface area contributed by atoms with Gasteiger partial charge < -0.3 is 14.4 Å². The predicted octanol–water partition coefficient (Wildman–Crippen LogP) is 3.57. The molecule has 0 bridgehead atoms. The summed E-state index contributed by atoms with van der Waals surface area (Å²) in [5, 5.41) is 9.68. The van der Waals surface area contributed by atoms with E-state index in [4.69, 9.17) is 4.74 Å². The second-order valence-corrected chi connectivity index (χ2v) is 10.5. The zero-order chi connectivity index (χ0) is 22.9. The molecular weight excluding hydrogens is 428 g/mol. The summed E-state index contributed by atoms with van der Waals surface area (Å²) in [4.78, 5) is 11.3. The Morgan fingerprint density at radius 1 is 1.38 bits per heavy atom. The van der Waals surface area contributed by atoms with Crippen LogP contribution in [-0.2, 0) is 26.1 Å². The van der Waals surface area contributed by atoms with E-state index in [9.17, 15) is 18.3 Å². The maximum atomic E-state index is 13.3. The van der Waals surface area contributed by atoms with Crippen molar-refractivity contribution in [3.8, 4) is 0 Å². The lowest BCUT2D eigenvalue weighted by atomic mass is 9.97. The molecule has 2 heterocycles. The van der Waals surface area contributed by atoms with Crippen molar-refractivity contribution < 1.29 is 23.1 Å². The molecule has 2 atom stereocenters. The molecule has 1 aliphatic carbocycles. The van der Waals surface area contributed by atoms with E-state index in [1.54, 1.807) is 27.1 Å². The van der Waals surface area contributed by atoms with Crippen molar-refractivity contribution in [2.45, 2.75) is 37.5 Å². The van der Waals surface area contributed by atoms with Crippen LogP contribution in [0, 0.1) is 6.92 Å². The Labute approximate surface area is 188 Å². The Bertz CT molecular complexity index is 1210.